The van der Waals surface area contributed by atoms with Crippen LogP contribution in [-0.4, -0.2) is 28.3 Å². The van der Waals surface area contributed by atoms with Crippen LogP contribution in [0.2, 0.25) is 0 Å². The number of hydrogen-bond acceptors (Lipinski definition) is 3. The van der Waals surface area contributed by atoms with Crippen LogP contribution in [0.4, 0.5) is 0 Å². The molecule has 1 aromatic heterocycles. The predicted octanol–water partition coefficient (Wildman–Crippen LogP) is 3.65. The van der Waals surface area contributed by atoms with Gasteiger partial charge in [-0.1, -0.05) is 24.6 Å². The van der Waals surface area contributed by atoms with E-state index in [1.54, 1.807) is 0 Å². The number of amides is 1. The highest BCUT2D eigenvalue weighted by atomic mass is 16.5. The van der Waals surface area contributed by atoms with Crippen molar-refractivity contribution in [3.8, 4) is 5.75 Å². The van der Waals surface area contributed by atoms with E-state index < -0.39 is 6.10 Å². The molecule has 136 valence electrons. The van der Waals surface area contributed by atoms with Crippen molar-refractivity contribution in [2.45, 2.75) is 60.1 Å². The Morgan fingerprint density at radius 1 is 1.20 bits per heavy atom. The molecule has 1 heterocycles. The molecule has 0 radical (unpaired) electrons. The molecule has 0 bridgehead atoms. The molecule has 0 aliphatic carbocycles. The molecule has 2 aromatic rings. The molecule has 0 fully saturated rings. The minimum atomic E-state index is -0.489. The summed E-state index contributed by atoms with van der Waals surface area (Å²) in [6.45, 7) is 12.7. The number of carbonyl (C=O) groups is 1. The van der Waals surface area contributed by atoms with E-state index in [2.05, 4.69) is 31.2 Å². The normalized spacial score (nSPS) is 13.4. The van der Waals surface area contributed by atoms with Gasteiger partial charge < -0.3 is 10.1 Å². The maximum absolute atomic E-state index is 12.5. The van der Waals surface area contributed by atoms with Gasteiger partial charge in [-0.25, -0.2) is 0 Å². The molecule has 1 aromatic carbocycles. The summed E-state index contributed by atoms with van der Waals surface area (Å²) in [5, 5.41) is 7.56. The summed E-state index contributed by atoms with van der Waals surface area (Å²) in [5.74, 6) is 0.628. The van der Waals surface area contributed by atoms with Gasteiger partial charge in [0.2, 0.25) is 0 Å². The fourth-order valence-electron chi connectivity index (χ4n) is 2.73. The standard InChI is InChI=1S/C20H29N3O2/c1-7-19(25-18-10-8-13(2)9-11-18)20(24)21-12-14(3)23-17(6)15(4)16(5)22-23/h8-11,14,19H,7,12H2,1-6H3,(H,21,24)/t14-,19-/m1/s1. The third-order valence-electron chi connectivity index (χ3n) is 4.64. The molecule has 5 nitrogen and oxygen atoms in total. The van der Waals surface area contributed by atoms with Gasteiger partial charge in [-0.2, -0.15) is 5.10 Å². The molecule has 5 heteroatoms. The Morgan fingerprint density at radius 2 is 1.84 bits per heavy atom. The third kappa shape index (κ3) is 4.62. The Kier molecular flexibility index (Phi) is 6.23. The zero-order valence-electron chi connectivity index (χ0n) is 16.1. The van der Waals surface area contributed by atoms with E-state index in [-0.39, 0.29) is 11.9 Å². The smallest absolute Gasteiger partial charge is 0.261 e. The van der Waals surface area contributed by atoms with E-state index in [0.717, 1.165) is 17.1 Å². The highest BCUT2D eigenvalue weighted by Crippen LogP contribution is 2.17. The Hall–Kier alpha value is -2.30. The Labute approximate surface area is 150 Å². The fourth-order valence-corrected chi connectivity index (χ4v) is 2.73. The summed E-state index contributed by atoms with van der Waals surface area (Å²) in [6, 6.07) is 7.84. The lowest BCUT2D eigenvalue weighted by Crippen LogP contribution is -2.40. The van der Waals surface area contributed by atoms with Gasteiger partial charge in [0.05, 0.1) is 11.7 Å². The summed E-state index contributed by atoms with van der Waals surface area (Å²) in [6.07, 6.45) is 0.129. The van der Waals surface area contributed by atoms with Crippen LogP contribution in [0.1, 0.15) is 48.8 Å². The van der Waals surface area contributed by atoms with Gasteiger partial charge >= 0.3 is 0 Å². The van der Waals surface area contributed by atoms with Gasteiger partial charge in [0, 0.05) is 12.2 Å². The van der Waals surface area contributed by atoms with Crippen molar-refractivity contribution < 1.29 is 9.53 Å². The summed E-state index contributed by atoms with van der Waals surface area (Å²) in [7, 11) is 0. The summed E-state index contributed by atoms with van der Waals surface area (Å²) < 4.78 is 7.81. The van der Waals surface area contributed by atoms with E-state index in [4.69, 9.17) is 4.74 Å². The number of nitrogens with zero attached hydrogens (tertiary/aromatic N) is 2. The molecule has 0 saturated heterocycles. The SMILES string of the molecule is CC[C@@H](Oc1ccc(C)cc1)C(=O)NC[C@@H](C)n1nc(C)c(C)c1C. The molecular weight excluding hydrogens is 314 g/mol. The maximum Gasteiger partial charge on any atom is 0.261 e. The van der Waals surface area contributed by atoms with E-state index in [0.29, 0.717) is 13.0 Å². The van der Waals surface area contributed by atoms with Crippen LogP contribution in [0.5, 0.6) is 5.75 Å². The van der Waals surface area contributed by atoms with E-state index in [1.807, 2.05) is 49.7 Å². The molecule has 0 aliphatic heterocycles. The van der Waals surface area contributed by atoms with Crippen molar-refractivity contribution in [1.29, 1.82) is 0 Å². The molecule has 25 heavy (non-hydrogen) atoms. The topological polar surface area (TPSA) is 56.1 Å². The van der Waals surface area contributed by atoms with E-state index in [9.17, 15) is 4.79 Å². The first-order valence-electron chi connectivity index (χ1n) is 8.86. The molecule has 0 unspecified atom stereocenters. The number of nitrogens with one attached hydrogen (secondary N) is 1. The Balaban J connectivity index is 1.94. The van der Waals surface area contributed by atoms with E-state index >= 15 is 0 Å². The van der Waals surface area contributed by atoms with Gasteiger partial charge in [0.1, 0.15) is 5.75 Å². The zero-order valence-corrected chi connectivity index (χ0v) is 16.1. The second-order valence-electron chi connectivity index (χ2n) is 6.66. The molecule has 0 saturated carbocycles. The number of carbonyl (C=O) groups excluding carboxylic acids is 1. The third-order valence-corrected chi connectivity index (χ3v) is 4.64. The van der Waals surface area contributed by atoms with Crippen molar-refractivity contribution in [1.82, 2.24) is 15.1 Å². The lowest BCUT2D eigenvalue weighted by atomic mass is 10.2. The van der Waals surface area contributed by atoms with Gasteiger partial charge in [-0.3, -0.25) is 9.48 Å². The lowest BCUT2D eigenvalue weighted by Gasteiger charge is -2.20. The first kappa shape index (κ1) is 19.0. The van der Waals surface area contributed by atoms with Crippen molar-refractivity contribution in [2.75, 3.05) is 6.54 Å². The molecule has 2 atom stereocenters. The highest BCUT2D eigenvalue weighted by Gasteiger charge is 2.20. The molecule has 0 aliphatic rings. The van der Waals surface area contributed by atoms with Crippen molar-refractivity contribution >= 4 is 5.91 Å². The average Bonchev–Trinajstić information content (AvgIpc) is 2.86. The van der Waals surface area contributed by atoms with Crippen LogP contribution in [0.3, 0.4) is 0 Å². The van der Waals surface area contributed by atoms with Crippen LogP contribution in [0.25, 0.3) is 0 Å². The first-order valence-corrected chi connectivity index (χ1v) is 8.86. The first-order chi connectivity index (χ1) is 11.8. The van der Waals surface area contributed by atoms with Crippen molar-refractivity contribution in [3.63, 3.8) is 0 Å². The van der Waals surface area contributed by atoms with Gasteiger partial charge in [0.25, 0.3) is 5.91 Å². The molecule has 2 rings (SSSR count). The Morgan fingerprint density at radius 3 is 2.36 bits per heavy atom. The van der Waals surface area contributed by atoms with Gasteiger partial charge in [0.15, 0.2) is 6.10 Å². The van der Waals surface area contributed by atoms with Crippen molar-refractivity contribution in [2.24, 2.45) is 0 Å². The van der Waals surface area contributed by atoms with Crippen LogP contribution in [0, 0.1) is 27.7 Å². The lowest BCUT2D eigenvalue weighted by molar-refractivity contribution is -0.128. The molecule has 0 spiro atoms. The largest absolute Gasteiger partial charge is 0.481 e. The van der Waals surface area contributed by atoms with E-state index in [1.165, 1.54) is 11.1 Å². The van der Waals surface area contributed by atoms with Crippen LogP contribution >= 0.6 is 0 Å². The summed E-state index contributed by atoms with van der Waals surface area (Å²) >= 11 is 0. The molecule has 1 amide bonds. The monoisotopic (exact) mass is 343 g/mol. The van der Waals surface area contributed by atoms with Crippen LogP contribution in [0.15, 0.2) is 24.3 Å². The van der Waals surface area contributed by atoms with Gasteiger partial charge in [-0.15, -0.1) is 0 Å². The van der Waals surface area contributed by atoms with Crippen molar-refractivity contribution in [3.05, 3.63) is 46.8 Å². The molecule has 1 N–H and O–H groups in total. The van der Waals surface area contributed by atoms with Crippen LogP contribution < -0.4 is 10.1 Å². The number of ether oxygens (including phenoxy) is 1. The van der Waals surface area contributed by atoms with Gasteiger partial charge in [-0.05, 0) is 58.7 Å². The number of hydrogen-bond donors (Lipinski definition) is 1. The zero-order chi connectivity index (χ0) is 18.6. The minimum absolute atomic E-state index is 0.0896. The summed E-state index contributed by atoms with van der Waals surface area (Å²) in [5.41, 5.74) is 4.54. The predicted molar refractivity (Wildman–Crippen MR) is 100 cm³/mol. The Bertz CT molecular complexity index is 719. The average molecular weight is 343 g/mol. The highest BCUT2D eigenvalue weighted by molar-refractivity contribution is 5.81. The second kappa shape index (κ2) is 8.19. The maximum atomic E-state index is 12.5. The fraction of sp³-hybridized carbons (Fsp3) is 0.500. The number of benzene rings is 1. The summed E-state index contributed by atoms with van der Waals surface area (Å²) in [4.78, 5) is 12.5. The quantitative estimate of drug-likeness (QED) is 0.835. The number of rotatable bonds is 7. The molecular formula is C20H29N3O2. The van der Waals surface area contributed by atoms with Crippen LogP contribution in [-0.2, 0) is 4.79 Å². The number of aryl methyl sites for hydroxylation is 2. The number of aromatic nitrogens is 2. The second-order valence-corrected chi connectivity index (χ2v) is 6.66. The minimum Gasteiger partial charge on any atom is -0.481 e.